The maximum absolute atomic E-state index is 9.52. The maximum Gasteiger partial charge on any atom is 0.128 e. The minimum Gasteiger partial charge on any atom is -0.370 e. The summed E-state index contributed by atoms with van der Waals surface area (Å²) in [6.45, 7) is 11.9. The highest BCUT2D eigenvalue weighted by Gasteiger charge is 2.30. The van der Waals surface area contributed by atoms with E-state index in [0.717, 1.165) is 81.2 Å². The predicted octanol–water partition coefficient (Wildman–Crippen LogP) is 2.95. The zero-order valence-electron chi connectivity index (χ0n) is 21.7. The van der Waals surface area contributed by atoms with Crippen molar-refractivity contribution in [1.82, 2.24) is 20.2 Å². The Balaban J connectivity index is 1.10. The Morgan fingerprint density at radius 3 is 2.76 bits per heavy atom. The SMILES string of the molecule is CC1CN(c2ccc(C#N)c3ncccc23)CC(CN2CCN(c3cc4c(cn3)CN[C@@H](C)C4)CC2)O1. The molecule has 3 aliphatic heterocycles. The fourth-order valence-corrected chi connectivity index (χ4v) is 6.03. The summed E-state index contributed by atoms with van der Waals surface area (Å²) in [5.41, 5.74) is 5.30. The van der Waals surface area contributed by atoms with Gasteiger partial charge >= 0.3 is 0 Å². The van der Waals surface area contributed by atoms with E-state index in [2.05, 4.69) is 69.3 Å². The van der Waals surface area contributed by atoms with Crippen molar-refractivity contribution in [2.24, 2.45) is 0 Å². The number of rotatable bonds is 4. The number of ether oxygens (including phenoxy) is 1. The average molecular weight is 498 g/mol. The van der Waals surface area contributed by atoms with Gasteiger partial charge in [-0.25, -0.2) is 4.98 Å². The van der Waals surface area contributed by atoms with Crippen molar-refractivity contribution in [2.75, 3.05) is 55.6 Å². The molecule has 0 spiro atoms. The lowest BCUT2D eigenvalue weighted by atomic mass is 9.98. The number of morpholine rings is 1. The lowest BCUT2D eigenvalue weighted by molar-refractivity contribution is -0.0327. The molecule has 37 heavy (non-hydrogen) atoms. The smallest absolute Gasteiger partial charge is 0.128 e. The van der Waals surface area contributed by atoms with Gasteiger partial charge in [-0.2, -0.15) is 5.26 Å². The lowest BCUT2D eigenvalue weighted by Gasteiger charge is -2.42. The van der Waals surface area contributed by atoms with E-state index >= 15 is 0 Å². The predicted molar refractivity (Wildman–Crippen MR) is 146 cm³/mol. The number of hydrogen-bond acceptors (Lipinski definition) is 8. The summed E-state index contributed by atoms with van der Waals surface area (Å²) in [5.74, 6) is 1.11. The van der Waals surface area contributed by atoms with Gasteiger partial charge < -0.3 is 19.9 Å². The van der Waals surface area contributed by atoms with Gasteiger partial charge in [-0.1, -0.05) is 0 Å². The number of hydrogen-bond donors (Lipinski definition) is 1. The third-order valence-electron chi connectivity index (χ3n) is 7.93. The van der Waals surface area contributed by atoms with E-state index in [4.69, 9.17) is 9.72 Å². The Hall–Kier alpha value is -3.25. The van der Waals surface area contributed by atoms with E-state index in [-0.39, 0.29) is 12.2 Å². The van der Waals surface area contributed by atoms with Crippen molar-refractivity contribution in [3.8, 4) is 6.07 Å². The highest BCUT2D eigenvalue weighted by atomic mass is 16.5. The lowest BCUT2D eigenvalue weighted by Crippen LogP contribution is -2.54. The number of nitrogens with zero attached hydrogens (tertiary/aromatic N) is 6. The third-order valence-corrected chi connectivity index (χ3v) is 7.93. The molecule has 3 aliphatic rings. The number of fused-ring (bicyclic) bond motifs is 2. The maximum atomic E-state index is 9.52. The summed E-state index contributed by atoms with van der Waals surface area (Å²) in [6, 6.07) is 13.1. The molecule has 1 N–H and O–H groups in total. The fourth-order valence-electron chi connectivity index (χ4n) is 6.03. The Labute approximate surface area is 218 Å². The van der Waals surface area contributed by atoms with Crippen LogP contribution in [0.15, 0.2) is 42.7 Å². The minimum atomic E-state index is 0.133. The topological polar surface area (TPSA) is 80.6 Å². The summed E-state index contributed by atoms with van der Waals surface area (Å²) in [6.07, 6.45) is 5.16. The van der Waals surface area contributed by atoms with E-state index in [1.807, 2.05) is 12.1 Å². The van der Waals surface area contributed by atoms with Crippen LogP contribution in [0.3, 0.4) is 0 Å². The summed E-state index contributed by atoms with van der Waals surface area (Å²) >= 11 is 0. The van der Waals surface area contributed by atoms with Crippen LogP contribution in [0, 0.1) is 11.3 Å². The van der Waals surface area contributed by atoms with Crippen LogP contribution < -0.4 is 15.1 Å². The quantitative estimate of drug-likeness (QED) is 0.589. The molecule has 8 heteroatoms. The Morgan fingerprint density at radius 2 is 1.92 bits per heavy atom. The van der Waals surface area contributed by atoms with Crippen LogP contribution in [-0.2, 0) is 17.7 Å². The van der Waals surface area contributed by atoms with E-state index in [0.29, 0.717) is 11.6 Å². The van der Waals surface area contributed by atoms with Gasteiger partial charge in [0.25, 0.3) is 0 Å². The average Bonchev–Trinajstić information content (AvgIpc) is 2.92. The number of nitrogens with one attached hydrogen (secondary N) is 1. The molecular weight excluding hydrogens is 462 g/mol. The first-order valence-corrected chi connectivity index (χ1v) is 13.4. The molecule has 5 heterocycles. The van der Waals surface area contributed by atoms with Gasteiger partial charge in [0, 0.05) is 81.9 Å². The van der Waals surface area contributed by atoms with E-state index in [9.17, 15) is 5.26 Å². The van der Waals surface area contributed by atoms with E-state index in [1.165, 1.54) is 11.1 Å². The van der Waals surface area contributed by atoms with Gasteiger partial charge in [-0.3, -0.25) is 9.88 Å². The fraction of sp³-hybridized carbons (Fsp3) is 0.483. The normalized spacial score (nSPS) is 24.6. The summed E-state index contributed by atoms with van der Waals surface area (Å²) < 4.78 is 6.40. The number of aromatic nitrogens is 2. The Bertz CT molecular complexity index is 1310. The van der Waals surface area contributed by atoms with Crippen LogP contribution in [-0.4, -0.2) is 78.9 Å². The number of benzene rings is 1. The molecular formula is C29H35N7O. The molecule has 1 aromatic carbocycles. The second-order valence-electron chi connectivity index (χ2n) is 10.7. The Morgan fingerprint density at radius 1 is 1.05 bits per heavy atom. The van der Waals surface area contributed by atoms with Gasteiger partial charge in [0.05, 0.1) is 23.3 Å². The highest BCUT2D eigenvalue weighted by Crippen LogP contribution is 2.30. The van der Waals surface area contributed by atoms with Gasteiger partial charge in [-0.05, 0) is 61.7 Å². The van der Waals surface area contributed by atoms with Crippen molar-refractivity contribution in [2.45, 2.75) is 45.1 Å². The zero-order valence-corrected chi connectivity index (χ0v) is 21.7. The summed E-state index contributed by atoms with van der Waals surface area (Å²) in [7, 11) is 0. The molecule has 0 radical (unpaired) electrons. The molecule has 2 unspecified atom stereocenters. The first kappa shape index (κ1) is 24.1. The standard InChI is InChI=1S/C29H35N7O/c1-20-12-23-13-28(33-16-24(23)15-32-20)35-10-8-34(9-11-35)18-25-19-36(17-21(2)37-25)27-6-5-22(14-30)29-26(27)4-3-7-31-29/h3-7,13,16,20-21,25,32H,8-12,15,17-19H2,1-2H3/t20-,21?,25?/m0/s1. The van der Waals surface area contributed by atoms with Crippen LogP contribution in [0.4, 0.5) is 11.5 Å². The van der Waals surface area contributed by atoms with Crippen LogP contribution in [0.25, 0.3) is 10.9 Å². The van der Waals surface area contributed by atoms with Crippen LogP contribution in [0.5, 0.6) is 0 Å². The number of piperazine rings is 1. The minimum absolute atomic E-state index is 0.133. The van der Waals surface area contributed by atoms with E-state index in [1.54, 1.807) is 6.20 Å². The second kappa shape index (κ2) is 10.3. The van der Waals surface area contributed by atoms with Crippen LogP contribution >= 0.6 is 0 Å². The van der Waals surface area contributed by atoms with Crippen molar-refractivity contribution in [3.05, 3.63) is 59.4 Å². The first-order chi connectivity index (χ1) is 18.1. The molecule has 0 bridgehead atoms. The number of nitriles is 1. The summed E-state index contributed by atoms with van der Waals surface area (Å²) in [4.78, 5) is 16.6. The van der Waals surface area contributed by atoms with Crippen LogP contribution in [0.1, 0.15) is 30.5 Å². The Kier molecular flexibility index (Phi) is 6.68. The number of anilines is 2. The van der Waals surface area contributed by atoms with Crippen molar-refractivity contribution >= 4 is 22.4 Å². The van der Waals surface area contributed by atoms with Gasteiger partial charge in [0.1, 0.15) is 11.9 Å². The first-order valence-electron chi connectivity index (χ1n) is 13.4. The monoisotopic (exact) mass is 497 g/mol. The molecule has 8 nitrogen and oxygen atoms in total. The molecule has 2 saturated heterocycles. The van der Waals surface area contributed by atoms with Crippen molar-refractivity contribution < 1.29 is 4.74 Å². The second-order valence-corrected chi connectivity index (χ2v) is 10.7. The number of pyridine rings is 2. The molecule has 3 atom stereocenters. The van der Waals surface area contributed by atoms with Crippen molar-refractivity contribution in [1.29, 1.82) is 5.26 Å². The summed E-state index contributed by atoms with van der Waals surface area (Å²) in [5, 5.41) is 14.1. The molecule has 2 fully saturated rings. The van der Waals surface area contributed by atoms with Gasteiger partial charge in [0.15, 0.2) is 0 Å². The van der Waals surface area contributed by atoms with Gasteiger partial charge in [0.2, 0.25) is 0 Å². The molecule has 6 rings (SSSR count). The molecule has 0 saturated carbocycles. The molecule has 0 aliphatic carbocycles. The van der Waals surface area contributed by atoms with Gasteiger partial charge in [-0.15, -0.1) is 0 Å². The largest absolute Gasteiger partial charge is 0.370 e. The molecule has 2 aromatic heterocycles. The van der Waals surface area contributed by atoms with E-state index < -0.39 is 0 Å². The van der Waals surface area contributed by atoms with Crippen molar-refractivity contribution in [3.63, 3.8) is 0 Å². The third kappa shape index (κ3) is 4.99. The molecule has 192 valence electrons. The molecule has 3 aromatic rings. The zero-order chi connectivity index (χ0) is 25.4. The van der Waals surface area contributed by atoms with Crippen LogP contribution in [0.2, 0.25) is 0 Å². The highest BCUT2D eigenvalue weighted by molar-refractivity contribution is 5.95. The molecule has 0 amide bonds.